The largest absolute Gasteiger partial charge is 0.464 e. The molecule has 7 nitrogen and oxygen atoms in total. The lowest BCUT2D eigenvalue weighted by atomic mass is 10.0. The van der Waals surface area contributed by atoms with Crippen LogP contribution in [0.4, 0.5) is 5.69 Å². The van der Waals surface area contributed by atoms with Crippen LogP contribution in [0.25, 0.3) is 11.1 Å². The van der Waals surface area contributed by atoms with E-state index in [0.717, 1.165) is 0 Å². The lowest BCUT2D eigenvalue weighted by Crippen LogP contribution is -2.37. The first-order valence-electron chi connectivity index (χ1n) is 7.36. The number of aromatic amines is 1. The van der Waals surface area contributed by atoms with Crippen molar-refractivity contribution in [3.63, 3.8) is 0 Å². The molecule has 26 heavy (non-hydrogen) atoms. The van der Waals surface area contributed by atoms with Gasteiger partial charge in [-0.3, -0.25) is 9.89 Å². The average molecular weight is 416 g/mol. The van der Waals surface area contributed by atoms with E-state index in [9.17, 15) is 14.9 Å². The van der Waals surface area contributed by atoms with E-state index in [-0.39, 0.29) is 38.5 Å². The molecule has 10 heteroatoms. The van der Waals surface area contributed by atoms with Crippen LogP contribution >= 0.6 is 34.8 Å². The zero-order valence-electron chi connectivity index (χ0n) is 13.7. The minimum atomic E-state index is -1.34. The maximum absolute atomic E-state index is 12.0. The van der Waals surface area contributed by atoms with Gasteiger partial charge in [0.2, 0.25) is 0 Å². The first kappa shape index (κ1) is 20.0. The number of carbonyl (C=O) groups excluding carboxylic acids is 2. The zero-order valence-corrected chi connectivity index (χ0v) is 16.0. The zero-order chi connectivity index (χ0) is 19.4. The topological polar surface area (TPSA) is 108 Å². The molecule has 1 aromatic heterocycles. The highest BCUT2D eigenvalue weighted by atomic mass is 35.5. The van der Waals surface area contributed by atoms with Gasteiger partial charge in [0.05, 0.1) is 39.1 Å². The quantitative estimate of drug-likeness (QED) is 0.548. The number of esters is 1. The fraction of sp³-hybridized carbons (Fsp3) is 0.250. The maximum atomic E-state index is 12.0. The Kier molecular flexibility index (Phi) is 6.48. The Bertz CT molecular complexity index is 891. The smallest absolute Gasteiger partial charge is 0.336 e. The van der Waals surface area contributed by atoms with Gasteiger partial charge in [0.25, 0.3) is 0 Å². The number of nitrogens with zero attached hydrogens (tertiary/aromatic N) is 2. The molecule has 2 aromatic rings. The fourth-order valence-corrected chi connectivity index (χ4v) is 3.35. The SMILES string of the molecule is CCOC(=O)C(Nc1c(Cl)c(C#N)c(Cl)c(-c2cn[nH]c2)c1Cl)C(C)=O. The highest BCUT2D eigenvalue weighted by Gasteiger charge is 2.29. The van der Waals surface area contributed by atoms with Crippen LogP contribution in [0.5, 0.6) is 0 Å². The lowest BCUT2D eigenvalue weighted by molar-refractivity contribution is -0.146. The highest BCUT2D eigenvalue weighted by molar-refractivity contribution is 6.46. The molecule has 2 rings (SSSR count). The summed E-state index contributed by atoms with van der Waals surface area (Å²) in [4.78, 5) is 23.9. The van der Waals surface area contributed by atoms with Crippen LogP contribution in [-0.4, -0.2) is 34.6 Å². The third-order valence-electron chi connectivity index (χ3n) is 3.43. The third-order valence-corrected chi connectivity index (χ3v) is 4.57. The summed E-state index contributed by atoms with van der Waals surface area (Å²) >= 11 is 18.9. The highest BCUT2D eigenvalue weighted by Crippen LogP contribution is 2.46. The van der Waals surface area contributed by atoms with Crippen molar-refractivity contribution < 1.29 is 14.3 Å². The third kappa shape index (κ3) is 3.78. The van der Waals surface area contributed by atoms with Gasteiger partial charge in [0.15, 0.2) is 11.8 Å². The van der Waals surface area contributed by atoms with Gasteiger partial charge in [-0.15, -0.1) is 0 Å². The second-order valence-corrected chi connectivity index (χ2v) is 6.24. The van der Waals surface area contributed by atoms with Crippen LogP contribution in [0.15, 0.2) is 12.4 Å². The van der Waals surface area contributed by atoms with Crippen LogP contribution in [0, 0.1) is 11.3 Å². The number of ketones is 1. The van der Waals surface area contributed by atoms with Gasteiger partial charge in [-0.1, -0.05) is 34.8 Å². The Morgan fingerprint density at radius 3 is 2.54 bits per heavy atom. The number of hydrogen-bond donors (Lipinski definition) is 2. The lowest BCUT2D eigenvalue weighted by Gasteiger charge is -2.20. The number of nitriles is 1. The molecule has 1 atom stereocenters. The van der Waals surface area contributed by atoms with E-state index in [4.69, 9.17) is 39.5 Å². The molecule has 0 aliphatic rings. The number of nitrogens with one attached hydrogen (secondary N) is 2. The number of carbonyl (C=O) groups is 2. The van der Waals surface area contributed by atoms with Crippen molar-refractivity contribution in [3.8, 4) is 17.2 Å². The Hall–Kier alpha value is -2.27. The fourth-order valence-electron chi connectivity index (χ4n) is 2.23. The number of anilines is 1. The van der Waals surface area contributed by atoms with Crippen LogP contribution in [0.2, 0.25) is 15.1 Å². The van der Waals surface area contributed by atoms with Crippen molar-refractivity contribution in [2.24, 2.45) is 0 Å². The van der Waals surface area contributed by atoms with Crippen molar-refractivity contribution in [1.82, 2.24) is 10.2 Å². The number of rotatable bonds is 6. The van der Waals surface area contributed by atoms with Gasteiger partial charge in [0.1, 0.15) is 6.07 Å². The molecule has 0 saturated carbocycles. The summed E-state index contributed by atoms with van der Waals surface area (Å²) in [5.41, 5.74) is 0.768. The normalized spacial score (nSPS) is 11.5. The van der Waals surface area contributed by atoms with E-state index >= 15 is 0 Å². The number of ether oxygens (including phenoxy) is 1. The summed E-state index contributed by atoms with van der Waals surface area (Å²) in [5.74, 6) is -1.29. The van der Waals surface area contributed by atoms with E-state index < -0.39 is 17.8 Å². The molecule has 0 spiro atoms. The van der Waals surface area contributed by atoms with Crippen molar-refractivity contribution in [1.29, 1.82) is 5.26 Å². The minimum absolute atomic E-state index is 0.0266. The van der Waals surface area contributed by atoms with Gasteiger partial charge in [-0.2, -0.15) is 10.4 Å². The molecule has 0 radical (unpaired) electrons. The van der Waals surface area contributed by atoms with E-state index in [1.165, 1.54) is 19.3 Å². The Morgan fingerprint density at radius 1 is 1.35 bits per heavy atom. The summed E-state index contributed by atoms with van der Waals surface area (Å²) in [6.45, 7) is 2.92. The predicted molar refractivity (Wildman–Crippen MR) is 98.5 cm³/mol. The molecule has 1 unspecified atom stereocenters. The molecule has 0 bridgehead atoms. The minimum Gasteiger partial charge on any atom is -0.464 e. The first-order valence-corrected chi connectivity index (χ1v) is 8.50. The van der Waals surface area contributed by atoms with Gasteiger partial charge in [-0.25, -0.2) is 4.79 Å². The monoisotopic (exact) mass is 414 g/mol. The van der Waals surface area contributed by atoms with Crippen LogP contribution < -0.4 is 5.32 Å². The second kappa shape index (κ2) is 8.41. The molecule has 0 saturated heterocycles. The Labute approximate surface area is 164 Å². The molecule has 0 fully saturated rings. The van der Waals surface area contributed by atoms with Crippen LogP contribution in [0.1, 0.15) is 19.4 Å². The summed E-state index contributed by atoms with van der Waals surface area (Å²) in [7, 11) is 0. The number of benzene rings is 1. The standard InChI is InChI=1S/C16H13Cl3N4O3/c1-3-26-16(25)14(7(2)24)23-15-12(18)9(4-20)11(17)10(13(15)19)8-5-21-22-6-8/h5-6,14,23H,3H2,1-2H3,(H,21,22). The molecule has 0 aliphatic carbocycles. The molecular formula is C16H13Cl3N4O3. The van der Waals surface area contributed by atoms with Crippen LogP contribution in [-0.2, 0) is 14.3 Å². The van der Waals surface area contributed by atoms with E-state index in [2.05, 4.69) is 15.5 Å². The number of H-pyrrole nitrogens is 1. The van der Waals surface area contributed by atoms with E-state index in [1.54, 1.807) is 6.92 Å². The van der Waals surface area contributed by atoms with Gasteiger partial charge >= 0.3 is 5.97 Å². The van der Waals surface area contributed by atoms with Crippen molar-refractivity contribution in [3.05, 3.63) is 33.0 Å². The molecule has 136 valence electrons. The number of hydrogen-bond acceptors (Lipinski definition) is 6. The molecule has 2 N–H and O–H groups in total. The van der Waals surface area contributed by atoms with Crippen molar-refractivity contribution >= 4 is 52.2 Å². The number of aromatic nitrogens is 2. The summed E-state index contributed by atoms with van der Waals surface area (Å²) < 4.78 is 4.89. The Morgan fingerprint density at radius 2 is 2.04 bits per heavy atom. The average Bonchev–Trinajstić information content (AvgIpc) is 3.09. The molecule has 0 amide bonds. The molecule has 1 heterocycles. The Balaban J connectivity index is 2.65. The summed E-state index contributed by atoms with van der Waals surface area (Å²) in [6, 6.07) is 0.558. The van der Waals surface area contributed by atoms with Gasteiger partial charge < -0.3 is 10.1 Å². The maximum Gasteiger partial charge on any atom is 0.336 e. The summed E-state index contributed by atoms with van der Waals surface area (Å²) in [5, 5.41) is 18.5. The molecule has 0 aliphatic heterocycles. The number of halogens is 3. The predicted octanol–water partition coefficient (Wildman–Crippen LogP) is 3.84. The van der Waals surface area contributed by atoms with Crippen molar-refractivity contribution in [2.45, 2.75) is 19.9 Å². The van der Waals surface area contributed by atoms with Gasteiger partial charge in [0, 0.05) is 17.3 Å². The van der Waals surface area contributed by atoms with Gasteiger partial charge in [-0.05, 0) is 13.8 Å². The molecule has 1 aromatic carbocycles. The first-order chi connectivity index (χ1) is 12.3. The second-order valence-electron chi connectivity index (χ2n) is 5.11. The molecular weight excluding hydrogens is 403 g/mol. The number of Topliss-reactive ketones (excluding diaryl/α,β-unsaturated/α-hetero) is 1. The summed E-state index contributed by atoms with van der Waals surface area (Å²) in [6.07, 6.45) is 2.99. The van der Waals surface area contributed by atoms with E-state index in [1.807, 2.05) is 6.07 Å². The van der Waals surface area contributed by atoms with E-state index in [0.29, 0.717) is 5.56 Å². The van der Waals surface area contributed by atoms with Crippen molar-refractivity contribution in [2.75, 3.05) is 11.9 Å². The van der Waals surface area contributed by atoms with Crippen LogP contribution in [0.3, 0.4) is 0 Å².